The van der Waals surface area contributed by atoms with Gasteiger partial charge < -0.3 is 10.0 Å². The molecule has 2 N–H and O–H groups in total. The van der Waals surface area contributed by atoms with Crippen LogP contribution in [0.2, 0.25) is 0 Å². The second-order valence-electron chi connectivity index (χ2n) is 6.59. The zero-order chi connectivity index (χ0) is 18.8. The zero-order valence-corrected chi connectivity index (χ0v) is 14.8. The van der Waals surface area contributed by atoms with Gasteiger partial charge >= 0.3 is 5.97 Å². The van der Waals surface area contributed by atoms with Crippen LogP contribution >= 0.6 is 0 Å². The Bertz CT molecular complexity index is 826. The molecule has 3 heterocycles. The molecule has 1 saturated heterocycles. The summed E-state index contributed by atoms with van der Waals surface area (Å²) in [4.78, 5) is 26.0. The lowest BCUT2D eigenvalue weighted by Gasteiger charge is -2.16. The fraction of sp³-hybridized carbons (Fsp3) is 0.471. The predicted molar refractivity (Wildman–Crippen MR) is 92.7 cm³/mol. The van der Waals surface area contributed by atoms with Crippen molar-refractivity contribution in [2.45, 2.75) is 32.7 Å². The summed E-state index contributed by atoms with van der Waals surface area (Å²) in [6.07, 6.45) is 3.30. The summed E-state index contributed by atoms with van der Waals surface area (Å²) in [5, 5.41) is 24.1. The number of hydrogen-bond donors (Lipinski definition) is 2. The molecule has 1 aliphatic heterocycles. The lowest BCUT2D eigenvalue weighted by Crippen LogP contribution is -2.30. The van der Waals surface area contributed by atoms with E-state index < -0.39 is 5.97 Å². The van der Waals surface area contributed by atoms with Gasteiger partial charge in [0.1, 0.15) is 0 Å². The Morgan fingerprint density at radius 3 is 2.81 bits per heavy atom. The highest BCUT2D eigenvalue weighted by Crippen LogP contribution is 2.34. The number of likely N-dealkylation sites (tertiary alicyclic amines) is 1. The van der Waals surface area contributed by atoms with Crippen LogP contribution in [0, 0.1) is 19.8 Å². The number of carbonyl (C=O) groups is 2. The van der Waals surface area contributed by atoms with Gasteiger partial charge in [0.15, 0.2) is 0 Å². The SMILES string of the molecule is C=CCn1nc(C)c(C(=O)N2C[C@H](CC(=O)O)[C@H](c3cn[nH]n3)C2)c1C. The van der Waals surface area contributed by atoms with E-state index in [4.69, 9.17) is 0 Å². The molecule has 1 aliphatic rings. The Morgan fingerprint density at radius 1 is 1.42 bits per heavy atom. The Hall–Kier alpha value is -2.97. The van der Waals surface area contributed by atoms with Crippen LogP contribution in [0.15, 0.2) is 18.9 Å². The molecule has 1 amide bonds. The van der Waals surface area contributed by atoms with Crippen LogP contribution in [0.1, 0.15) is 39.8 Å². The van der Waals surface area contributed by atoms with Crippen LogP contribution in [0.4, 0.5) is 0 Å². The van der Waals surface area contributed by atoms with Crippen molar-refractivity contribution in [2.24, 2.45) is 5.92 Å². The Morgan fingerprint density at radius 2 is 2.19 bits per heavy atom. The van der Waals surface area contributed by atoms with Crippen molar-refractivity contribution >= 4 is 11.9 Å². The lowest BCUT2D eigenvalue weighted by molar-refractivity contribution is -0.138. The number of nitrogens with zero attached hydrogens (tertiary/aromatic N) is 5. The monoisotopic (exact) mass is 358 g/mol. The number of rotatable bonds is 6. The Kier molecular flexibility index (Phi) is 4.88. The van der Waals surface area contributed by atoms with Gasteiger partial charge in [0.2, 0.25) is 0 Å². The van der Waals surface area contributed by atoms with Gasteiger partial charge in [-0.05, 0) is 19.8 Å². The molecule has 26 heavy (non-hydrogen) atoms. The average molecular weight is 358 g/mol. The highest BCUT2D eigenvalue weighted by Gasteiger charge is 2.39. The number of aliphatic carboxylic acids is 1. The molecule has 2 aromatic heterocycles. The fourth-order valence-electron chi connectivity index (χ4n) is 3.66. The first-order valence-corrected chi connectivity index (χ1v) is 8.44. The van der Waals surface area contributed by atoms with E-state index in [2.05, 4.69) is 27.1 Å². The highest BCUT2D eigenvalue weighted by atomic mass is 16.4. The molecular weight excluding hydrogens is 336 g/mol. The Labute approximate surface area is 150 Å². The van der Waals surface area contributed by atoms with E-state index in [0.29, 0.717) is 36.6 Å². The minimum absolute atomic E-state index is 0.0189. The standard InChI is InChI=1S/C17H22N6O3/c1-4-5-23-11(3)16(10(2)20-23)17(26)22-8-12(6-15(24)25)13(9-22)14-7-18-21-19-14/h4,7,12-13H,1,5-6,8-9H2,2-3H3,(H,24,25)(H,18,19,21)/t12-,13+/m0/s1. The molecule has 2 atom stereocenters. The van der Waals surface area contributed by atoms with Gasteiger partial charge in [-0.25, -0.2) is 0 Å². The van der Waals surface area contributed by atoms with Crippen molar-refractivity contribution in [3.8, 4) is 0 Å². The van der Waals surface area contributed by atoms with Crippen molar-refractivity contribution in [1.29, 1.82) is 0 Å². The van der Waals surface area contributed by atoms with Crippen LogP contribution in [0.25, 0.3) is 0 Å². The molecule has 2 aromatic rings. The summed E-state index contributed by atoms with van der Waals surface area (Å²) >= 11 is 0. The highest BCUT2D eigenvalue weighted by molar-refractivity contribution is 5.96. The van der Waals surface area contributed by atoms with Gasteiger partial charge in [-0.15, -0.1) is 6.58 Å². The molecule has 3 rings (SSSR count). The summed E-state index contributed by atoms with van der Waals surface area (Å²) in [6, 6.07) is 0. The van der Waals surface area contributed by atoms with Gasteiger partial charge in [-0.3, -0.25) is 14.3 Å². The number of carboxylic acid groups (broad SMARTS) is 1. The second kappa shape index (κ2) is 7.11. The first kappa shape index (κ1) is 17.8. The molecule has 0 unspecified atom stereocenters. The number of hydrogen-bond acceptors (Lipinski definition) is 5. The zero-order valence-electron chi connectivity index (χ0n) is 14.8. The molecular formula is C17H22N6O3. The van der Waals surface area contributed by atoms with E-state index >= 15 is 0 Å². The molecule has 0 radical (unpaired) electrons. The number of aromatic nitrogens is 5. The number of aryl methyl sites for hydroxylation is 1. The molecule has 1 fully saturated rings. The van der Waals surface area contributed by atoms with Gasteiger partial charge in [0.25, 0.3) is 5.91 Å². The predicted octanol–water partition coefficient (Wildman–Crippen LogP) is 1.13. The number of amides is 1. The van der Waals surface area contributed by atoms with E-state index in [1.54, 1.807) is 28.8 Å². The van der Waals surface area contributed by atoms with Crippen LogP contribution in [0.5, 0.6) is 0 Å². The van der Waals surface area contributed by atoms with Crippen LogP contribution in [-0.4, -0.2) is 60.2 Å². The molecule has 9 heteroatoms. The van der Waals surface area contributed by atoms with Gasteiger partial charge in [0, 0.05) is 24.7 Å². The van der Waals surface area contributed by atoms with Crippen molar-refractivity contribution in [3.05, 3.63) is 41.5 Å². The van der Waals surface area contributed by atoms with Crippen molar-refractivity contribution in [3.63, 3.8) is 0 Å². The minimum Gasteiger partial charge on any atom is -0.481 e. The normalized spacial score (nSPS) is 19.7. The summed E-state index contributed by atoms with van der Waals surface area (Å²) in [6.45, 7) is 8.68. The van der Waals surface area contributed by atoms with E-state index in [9.17, 15) is 14.7 Å². The summed E-state index contributed by atoms with van der Waals surface area (Å²) in [5.74, 6) is -1.37. The maximum absolute atomic E-state index is 13.1. The topological polar surface area (TPSA) is 117 Å². The third-order valence-electron chi connectivity index (χ3n) is 4.88. The maximum atomic E-state index is 13.1. The number of carbonyl (C=O) groups excluding carboxylic acids is 1. The van der Waals surface area contributed by atoms with Crippen molar-refractivity contribution in [1.82, 2.24) is 30.1 Å². The summed E-state index contributed by atoms with van der Waals surface area (Å²) in [5.41, 5.74) is 2.70. The number of aromatic amines is 1. The van der Waals surface area contributed by atoms with Crippen molar-refractivity contribution < 1.29 is 14.7 Å². The minimum atomic E-state index is -0.885. The van der Waals surface area contributed by atoms with Gasteiger partial charge in [-0.2, -0.15) is 20.5 Å². The number of allylic oxidation sites excluding steroid dienone is 1. The van der Waals surface area contributed by atoms with E-state index in [1.165, 1.54) is 0 Å². The van der Waals surface area contributed by atoms with E-state index in [-0.39, 0.29) is 24.2 Å². The second-order valence-corrected chi connectivity index (χ2v) is 6.59. The molecule has 0 saturated carbocycles. The lowest BCUT2D eigenvalue weighted by atomic mass is 9.91. The summed E-state index contributed by atoms with van der Waals surface area (Å²) in [7, 11) is 0. The quantitative estimate of drug-likeness (QED) is 0.748. The van der Waals surface area contributed by atoms with Crippen LogP contribution in [0.3, 0.4) is 0 Å². The molecule has 0 aliphatic carbocycles. The molecule has 0 spiro atoms. The summed E-state index contributed by atoms with van der Waals surface area (Å²) < 4.78 is 1.75. The molecule has 0 bridgehead atoms. The van der Waals surface area contributed by atoms with Crippen LogP contribution < -0.4 is 0 Å². The molecule has 9 nitrogen and oxygen atoms in total. The van der Waals surface area contributed by atoms with Crippen LogP contribution in [-0.2, 0) is 11.3 Å². The Balaban J connectivity index is 1.86. The first-order valence-electron chi connectivity index (χ1n) is 8.44. The third kappa shape index (κ3) is 3.24. The number of H-pyrrole nitrogens is 1. The molecule has 0 aromatic carbocycles. The van der Waals surface area contributed by atoms with Gasteiger partial charge in [-0.1, -0.05) is 6.08 Å². The fourth-order valence-corrected chi connectivity index (χ4v) is 3.66. The first-order chi connectivity index (χ1) is 12.4. The smallest absolute Gasteiger partial charge is 0.303 e. The molecule has 138 valence electrons. The van der Waals surface area contributed by atoms with E-state index in [1.807, 2.05) is 6.92 Å². The van der Waals surface area contributed by atoms with Gasteiger partial charge in [0.05, 0.1) is 36.1 Å². The third-order valence-corrected chi connectivity index (χ3v) is 4.88. The largest absolute Gasteiger partial charge is 0.481 e. The van der Waals surface area contributed by atoms with E-state index in [0.717, 1.165) is 5.69 Å². The number of nitrogens with one attached hydrogen (secondary N) is 1. The average Bonchev–Trinajstić information content (AvgIpc) is 3.27. The van der Waals surface area contributed by atoms with Crippen molar-refractivity contribution in [2.75, 3.05) is 13.1 Å². The maximum Gasteiger partial charge on any atom is 0.303 e. The number of carboxylic acids is 1.